The van der Waals surface area contributed by atoms with E-state index in [1.807, 2.05) is 32.9 Å². The van der Waals surface area contributed by atoms with Gasteiger partial charge < -0.3 is 10.1 Å². The van der Waals surface area contributed by atoms with Crippen molar-refractivity contribution in [1.29, 1.82) is 0 Å². The van der Waals surface area contributed by atoms with Gasteiger partial charge in [0.05, 0.1) is 6.04 Å². The number of carbonyl (C=O) groups excluding carboxylic acids is 1. The van der Waals surface area contributed by atoms with E-state index in [1.165, 1.54) is 11.1 Å². The highest BCUT2D eigenvalue weighted by molar-refractivity contribution is 5.81. The minimum atomic E-state index is -0.541. The maximum Gasteiger partial charge on any atom is 0.261 e. The number of hydrogen-bond donors (Lipinski definition) is 1. The Morgan fingerprint density at radius 2 is 1.54 bits per heavy atom. The molecule has 0 aliphatic rings. The van der Waals surface area contributed by atoms with E-state index in [0.29, 0.717) is 0 Å². The molecule has 0 radical (unpaired) electrons. The monoisotopic (exact) mass is 325 g/mol. The van der Waals surface area contributed by atoms with Crippen molar-refractivity contribution in [3.8, 4) is 5.75 Å². The zero-order valence-corrected chi connectivity index (χ0v) is 15.4. The molecule has 2 rings (SSSR count). The average Bonchev–Trinajstić information content (AvgIpc) is 2.48. The Hall–Kier alpha value is -2.29. The second kappa shape index (κ2) is 7.52. The molecule has 0 unspecified atom stereocenters. The van der Waals surface area contributed by atoms with Crippen molar-refractivity contribution in [1.82, 2.24) is 5.32 Å². The molecule has 3 heteroatoms. The SMILES string of the molecule is Cc1cc(C)cc(O[C@@H](C)C(=O)N[C@H](C)c2ccc(C)c(C)c2)c1. The van der Waals surface area contributed by atoms with Crippen LogP contribution in [0.25, 0.3) is 0 Å². The summed E-state index contributed by atoms with van der Waals surface area (Å²) in [6.45, 7) is 12.0. The topological polar surface area (TPSA) is 38.3 Å². The minimum Gasteiger partial charge on any atom is -0.481 e. The van der Waals surface area contributed by atoms with Gasteiger partial charge in [-0.25, -0.2) is 0 Å². The van der Waals surface area contributed by atoms with Crippen LogP contribution in [0.15, 0.2) is 36.4 Å². The first-order valence-corrected chi connectivity index (χ1v) is 8.38. The van der Waals surface area contributed by atoms with Crippen molar-refractivity contribution < 1.29 is 9.53 Å². The van der Waals surface area contributed by atoms with E-state index in [4.69, 9.17) is 4.74 Å². The Morgan fingerprint density at radius 3 is 2.12 bits per heavy atom. The fraction of sp³-hybridized carbons (Fsp3) is 0.381. The van der Waals surface area contributed by atoms with Crippen molar-refractivity contribution in [3.05, 3.63) is 64.2 Å². The summed E-state index contributed by atoms with van der Waals surface area (Å²) in [5, 5.41) is 3.03. The smallest absolute Gasteiger partial charge is 0.261 e. The number of ether oxygens (including phenoxy) is 1. The molecule has 0 spiro atoms. The maximum absolute atomic E-state index is 12.4. The number of nitrogens with one attached hydrogen (secondary N) is 1. The van der Waals surface area contributed by atoms with E-state index in [-0.39, 0.29) is 11.9 Å². The lowest BCUT2D eigenvalue weighted by Crippen LogP contribution is -2.37. The van der Waals surface area contributed by atoms with Crippen LogP contribution in [0.4, 0.5) is 0 Å². The van der Waals surface area contributed by atoms with E-state index in [9.17, 15) is 4.79 Å². The molecule has 1 amide bonds. The lowest BCUT2D eigenvalue weighted by Gasteiger charge is -2.20. The number of aryl methyl sites for hydroxylation is 4. The summed E-state index contributed by atoms with van der Waals surface area (Å²) in [7, 11) is 0. The van der Waals surface area contributed by atoms with E-state index in [0.717, 1.165) is 22.4 Å². The van der Waals surface area contributed by atoms with Crippen molar-refractivity contribution in [2.45, 2.75) is 53.7 Å². The highest BCUT2D eigenvalue weighted by Crippen LogP contribution is 2.19. The van der Waals surface area contributed by atoms with Crippen LogP contribution in [-0.4, -0.2) is 12.0 Å². The van der Waals surface area contributed by atoms with Crippen LogP contribution in [0, 0.1) is 27.7 Å². The number of hydrogen-bond acceptors (Lipinski definition) is 2. The Kier molecular flexibility index (Phi) is 5.66. The highest BCUT2D eigenvalue weighted by Gasteiger charge is 2.18. The van der Waals surface area contributed by atoms with Gasteiger partial charge in [0.1, 0.15) is 5.75 Å². The largest absolute Gasteiger partial charge is 0.481 e. The summed E-state index contributed by atoms with van der Waals surface area (Å²) in [5.74, 6) is 0.619. The Morgan fingerprint density at radius 1 is 0.917 bits per heavy atom. The van der Waals surface area contributed by atoms with Gasteiger partial charge in [0.15, 0.2) is 6.10 Å². The molecule has 0 saturated carbocycles. The third-order valence-corrected chi connectivity index (χ3v) is 4.27. The first kappa shape index (κ1) is 18.1. The quantitative estimate of drug-likeness (QED) is 0.875. The first-order valence-electron chi connectivity index (χ1n) is 8.38. The molecule has 24 heavy (non-hydrogen) atoms. The summed E-state index contributed by atoms with van der Waals surface area (Å²) in [4.78, 5) is 12.4. The van der Waals surface area contributed by atoms with Crippen molar-refractivity contribution in [2.24, 2.45) is 0 Å². The predicted molar refractivity (Wildman–Crippen MR) is 98.5 cm³/mol. The fourth-order valence-electron chi connectivity index (χ4n) is 2.71. The molecule has 2 atom stereocenters. The highest BCUT2D eigenvalue weighted by atomic mass is 16.5. The lowest BCUT2D eigenvalue weighted by molar-refractivity contribution is -0.127. The van der Waals surface area contributed by atoms with Gasteiger partial charge >= 0.3 is 0 Å². The molecule has 3 nitrogen and oxygen atoms in total. The number of amides is 1. The van der Waals surface area contributed by atoms with Crippen molar-refractivity contribution in [2.75, 3.05) is 0 Å². The van der Waals surface area contributed by atoms with Crippen LogP contribution in [0.5, 0.6) is 5.75 Å². The zero-order chi connectivity index (χ0) is 17.9. The molecular formula is C21H27NO2. The first-order chi connectivity index (χ1) is 11.3. The number of rotatable bonds is 5. The standard InChI is InChI=1S/C21H27NO2/c1-13-9-14(2)11-20(10-13)24-18(6)21(23)22-17(5)19-8-7-15(3)16(4)12-19/h7-12,17-18H,1-6H3,(H,22,23)/t17-,18+/m1/s1. The van der Waals surface area contributed by atoms with Gasteiger partial charge in [-0.1, -0.05) is 24.3 Å². The van der Waals surface area contributed by atoms with Gasteiger partial charge in [-0.3, -0.25) is 4.79 Å². The van der Waals surface area contributed by atoms with Gasteiger partial charge in [-0.05, 0) is 81.5 Å². The molecular weight excluding hydrogens is 298 g/mol. The predicted octanol–water partition coefficient (Wildman–Crippen LogP) is 4.56. The Labute approximate surface area is 145 Å². The summed E-state index contributed by atoms with van der Waals surface area (Å²) in [6, 6.07) is 12.2. The molecule has 0 saturated heterocycles. The van der Waals surface area contributed by atoms with Gasteiger partial charge in [-0.15, -0.1) is 0 Å². The summed E-state index contributed by atoms with van der Waals surface area (Å²) in [6.07, 6.45) is -0.541. The van der Waals surface area contributed by atoms with Crippen LogP contribution < -0.4 is 10.1 Å². The third-order valence-electron chi connectivity index (χ3n) is 4.27. The molecule has 128 valence electrons. The van der Waals surface area contributed by atoms with Crippen LogP contribution >= 0.6 is 0 Å². The number of carbonyl (C=O) groups is 1. The number of benzene rings is 2. The second-order valence-electron chi connectivity index (χ2n) is 6.66. The van der Waals surface area contributed by atoms with Crippen molar-refractivity contribution >= 4 is 5.91 Å². The fourth-order valence-corrected chi connectivity index (χ4v) is 2.71. The van der Waals surface area contributed by atoms with E-state index < -0.39 is 6.10 Å². The molecule has 0 bridgehead atoms. The molecule has 2 aromatic rings. The van der Waals surface area contributed by atoms with Gasteiger partial charge in [0.2, 0.25) is 0 Å². The Bertz CT molecular complexity index is 716. The van der Waals surface area contributed by atoms with Crippen LogP contribution in [-0.2, 0) is 4.79 Å². The van der Waals surface area contributed by atoms with E-state index >= 15 is 0 Å². The molecule has 0 aliphatic carbocycles. The summed E-state index contributed by atoms with van der Waals surface area (Å²) in [5.41, 5.74) is 5.84. The molecule has 2 aromatic carbocycles. The van der Waals surface area contributed by atoms with E-state index in [2.05, 4.69) is 43.4 Å². The van der Waals surface area contributed by atoms with Crippen LogP contribution in [0.3, 0.4) is 0 Å². The lowest BCUT2D eigenvalue weighted by atomic mass is 10.0. The van der Waals surface area contributed by atoms with E-state index in [1.54, 1.807) is 6.92 Å². The molecule has 0 aliphatic heterocycles. The second-order valence-corrected chi connectivity index (χ2v) is 6.66. The minimum absolute atomic E-state index is 0.0536. The normalized spacial score (nSPS) is 13.2. The molecule has 0 heterocycles. The maximum atomic E-state index is 12.4. The van der Waals surface area contributed by atoms with Gasteiger partial charge in [-0.2, -0.15) is 0 Å². The van der Waals surface area contributed by atoms with Gasteiger partial charge in [0.25, 0.3) is 5.91 Å². The Balaban J connectivity index is 2.01. The van der Waals surface area contributed by atoms with Gasteiger partial charge in [0, 0.05) is 0 Å². The summed E-state index contributed by atoms with van der Waals surface area (Å²) >= 11 is 0. The molecule has 0 aromatic heterocycles. The van der Waals surface area contributed by atoms with Crippen molar-refractivity contribution in [3.63, 3.8) is 0 Å². The third kappa shape index (κ3) is 4.60. The summed E-state index contributed by atoms with van der Waals surface area (Å²) < 4.78 is 5.81. The average molecular weight is 325 g/mol. The van der Waals surface area contributed by atoms with Crippen LogP contribution in [0.2, 0.25) is 0 Å². The molecule has 1 N–H and O–H groups in total. The molecule has 0 fully saturated rings. The van der Waals surface area contributed by atoms with Crippen LogP contribution in [0.1, 0.15) is 47.7 Å². The zero-order valence-electron chi connectivity index (χ0n) is 15.4.